The second-order valence-electron chi connectivity index (χ2n) is 4.39. The van der Waals surface area contributed by atoms with Crippen LogP contribution in [-0.2, 0) is 0 Å². The van der Waals surface area contributed by atoms with E-state index in [2.05, 4.69) is 48.3 Å². The summed E-state index contributed by atoms with van der Waals surface area (Å²) >= 11 is 0. The highest BCUT2D eigenvalue weighted by atomic mass is 15.1. The highest BCUT2D eigenvalue weighted by molar-refractivity contribution is 5.42. The van der Waals surface area contributed by atoms with Crippen LogP contribution in [0.2, 0.25) is 0 Å². The van der Waals surface area contributed by atoms with E-state index in [0.29, 0.717) is 12.0 Å². The van der Waals surface area contributed by atoms with Crippen LogP contribution in [0.5, 0.6) is 0 Å². The SMILES string of the molecule is CCCNc1cncc(NC(C)C(C)C)n1. The molecule has 1 heterocycles. The molecule has 0 fully saturated rings. The quantitative estimate of drug-likeness (QED) is 0.777. The molecule has 1 aromatic rings. The van der Waals surface area contributed by atoms with Crippen LogP contribution in [0, 0.1) is 5.92 Å². The minimum absolute atomic E-state index is 0.399. The monoisotopic (exact) mass is 222 g/mol. The molecule has 0 spiro atoms. The second-order valence-corrected chi connectivity index (χ2v) is 4.39. The Morgan fingerprint density at radius 1 is 1.19 bits per heavy atom. The minimum Gasteiger partial charge on any atom is -0.369 e. The van der Waals surface area contributed by atoms with Gasteiger partial charge in [0.25, 0.3) is 0 Å². The predicted octanol–water partition coefficient (Wildman–Crippen LogP) is 2.75. The molecule has 16 heavy (non-hydrogen) atoms. The van der Waals surface area contributed by atoms with Gasteiger partial charge < -0.3 is 10.6 Å². The number of rotatable bonds is 6. The van der Waals surface area contributed by atoms with E-state index in [1.54, 1.807) is 12.4 Å². The number of nitrogens with one attached hydrogen (secondary N) is 2. The largest absolute Gasteiger partial charge is 0.369 e. The van der Waals surface area contributed by atoms with E-state index in [0.717, 1.165) is 24.6 Å². The van der Waals surface area contributed by atoms with Crippen molar-refractivity contribution >= 4 is 11.6 Å². The molecule has 0 radical (unpaired) electrons. The maximum Gasteiger partial charge on any atom is 0.147 e. The molecule has 1 unspecified atom stereocenters. The summed E-state index contributed by atoms with van der Waals surface area (Å²) in [5.41, 5.74) is 0. The fourth-order valence-electron chi connectivity index (χ4n) is 1.17. The molecule has 0 bridgehead atoms. The van der Waals surface area contributed by atoms with Crippen molar-refractivity contribution in [2.24, 2.45) is 5.92 Å². The summed E-state index contributed by atoms with van der Waals surface area (Å²) in [6, 6.07) is 0.399. The zero-order valence-electron chi connectivity index (χ0n) is 10.6. The van der Waals surface area contributed by atoms with E-state index in [1.165, 1.54) is 0 Å². The lowest BCUT2D eigenvalue weighted by atomic mass is 10.1. The van der Waals surface area contributed by atoms with E-state index >= 15 is 0 Å². The molecule has 4 heteroatoms. The maximum atomic E-state index is 4.45. The third-order valence-electron chi connectivity index (χ3n) is 2.57. The van der Waals surface area contributed by atoms with Crippen molar-refractivity contribution in [1.29, 1.82) is 0 Å². The number of hydrogen-bond acceptors (Lipinski definition) is 4. The van der Waals surface area contributed by atoms with Gasteiger partial charge in [-0.3, -0.25) is 4.98 Å². The highest BCUT2D eigenvalue weighted by Gasteiger charge is 2.07. The summed E-state index contributed by atoms with van der Waals surface area (Å²) < 4.78 is 0. The summed E-state index contributed by atoms with van der Waals surface area (Å²) in [5.74, 6) is 2.25. The van der Waals surface area contributed by atoms with Crippen molar-refractivity contribution in [1.82, 2.24) is 9.97 Å². The maximum absolute atomic E-state index is 4.45. The zero-order chi connectivity index (χ0) is 12.0. The van der Waals surface area contributed by atoms with Crippen molar-refractivity contribution in [3.63, 3.8) is 0 Å². The minimum atomic E-state index is 0.399. The van der Waals surface area contributed by atoms with Crippen molar-refractivity contribution in [2.45, 2.75) is 40.2 Å². The Hall–Kier alpha value is -1.32. The molecule has 2 N–H and O–H groups in total. The second kappa shape index (κ2) is 6.30. The molecule has 0 aliphatic carbocycles. The Labute approximate surface area is 97.9 Å². The van der Waals surface area contributed by atoms with Gasteiger partial charge in [-0.05, 0) is 19.3 Å². The summed E-state index contributed by atoms with van der Waals surface area (Å²) in [7, 11) is 0. The topological polar surface area (TPSA) is 49.8 Å². The Balaban J connectivity index is 2.59. The van der Waals surface area contributed by atoms with Gasteiger partial charge in [-0.25, -0.2) is 4.98 Å². The fraction of sp³-hybridized carbons (Fsp3) is 0.667. The molecule has 0 saturated carbocycles. The van der Waals surface area contributed by atoms with Gasteiger partial charge >= 0.3 is 0 Å². The molecule has 0 amide bonds. The molecule has 90 valence electrons. The van der Waals surface area contributed by atoms with E-state index in [1.807, 2.05) is 0 Å². The van der Waals surface area contributed by atoms with E-state index in [9.17, 15) is 0 Å². The Morgan fingerprint density at radius 2 is 1.88 bits per heavy atom. The van der Waals surface area contributed by atoms with Crippen LogP contribution in [0.1, 0.15) is 34.1 Å². The van der Waals surface area contributed by atoms with Gasteiger partial charge in [0.2, 0.25) is 0 Å². The van der Waals surface area contributed by atoms with Crippen molar-refractivity contribution in [3.8, 4) is 0 Å². The summed E-state index contributed by atoms with van der Waals surface area (Å²) in [6.07, 6.45) is 4.60. The Kier molecular flexibility index (Phi) is 5.02. The van der Waals surface area contributed by atoms with Crippen LogP contribution >= 0.6 is 0 Å². The van der Waals surface area contributed by atoms with Gasteiger partial charge in [-0.2, -0.15) is 0 Å². The average Bonchev–Trinajstić information content (AvgIpc) is 2.26. The van der Waals surface area contributed by atoms with Crippen LogP contribution < -0.4 is 10.6 Å². The summed E-state index contributed by atoms with van der Waals surface area (Å²) in [6.45, 7) is 9.58. The molecule has 4 nitrogen and oxygen atoms in total. The fourth-order valence-corrected chi connectivity index (χ4v) is 1.17. The summed E-state index contributed by atoms with van der Waals surface area (Å²) in [4.78, 5) is 8.61. The molecule has 1 atom stereocenters. The van der Waals surface area contributed by atoms with Gasteiger partial charge in [0.05, 0.1) is 12.4 Å². The first-order valence-corrected chi connectivity index (χ1v) is 5.96. The smallest absolute Gasteiger partial charge is 0.147 e. The van der Waals surface area contributed by atoms with Crippen LogP contribution in [0.3, 0.4) is 0 Å². The third kappa shape index (κ3) is 4.04. The first kappa shape index (κ1) is 12.7. The van der Waals surface area contributed by atoms with E-state index in [-0.39, 0.29) is 0 Å². The first-order valence-electron chi connectivity index (χ1n) is 5.96. The lowest BCUT2D eigenvalue weighted by molar-refractivity contribution is 0.558. The van der Waals surface area contributed by atoms with Crippen LogP contribution in [0.4, 0.5) is 11.6 Å². The summed E-state index contributed by atoms with van der Waals surface area (Å²) in [5, 5.41) is 6.57. The van der Waals surface area contributed by atoms with Gasteiger partial charge in [0.1, 0.15) is 11.6 Å². The van der Waals surface area contributed by atoms with Crippen LogP contribution in [0.15, 0.2) is 12.4 Å². The van der Waals surface area contributed by atoms with Crippen LogP contribution in [-0.4, -0.2) is 22.6 Å². The number of nitrogens with zero attached hydrogens (tertiary/aromatic N) is 2. The number of hydrogen-bond donors (Lipinski definition) is 2. The number of anilines is 2. The number of aromatic nitrogens is 2. The third-order valence-corrected chi connectivity index (χ3v) is 2.57. The zero-order valence-corrected chi connectivity index (χ0v) is 10.6. The highest BCUT2D eigenvalue weighted by Crippen LogP contribution is 2.11. The molecular weight excluding hydrogens is 200 g/mol. The first-order chi connectivity index (χ1) is 7.63. The molecule has 0 aliphatic heterocycles. The Morgan fingerprint density at radius 3 is 2.50 bits per heavy atom. The molecule has 1 rings (SSSR count). The Bertz CT molecular complexity index is 312. The molecule has 0 aromatic carbocycles. The average molecular weight is 222 g/mol. The lowest BCUT2D eigenvalue weighted by Crippen LogP contribution is -2.22. The predicted molar refractivity (Wildman–Crippen MR) is 68.7 cm³/mol. The normalized spacial score (nSPS) is 12.6. The van der Waals surface area contributed by atoms with Gasteiger partial charge in [0, 0.05) is 12.6 Å². The van der Waals surface area contributed by atoms with Gasteiger partial charge in [-0.15, -0.1) is 0 Å². The molecule has 0 saturated heterocycles. The van der Waals surface area contributed by atoms with Crippen molar-refractivity contribution in [3.05, 3.63) is 12.4 Å². The molecular formula is C12H22N4. The van der Waals surface area contributed by atoms with Crippen LogP contribution in [0.25, 0.3) is 0 Å². The molecule has 0 aliphatic rings. The van der Waals surface area contributed by atoms with Gasteiger partial charge in [-0.1, -0.05) is 20.8 Å². The molecule has 1 aromatic heterocycles. The van der Waals surface area contributed by atoms with E-state index < -0.39 is 0 Å². The standard InChI is InChI=1S/C12H22N4/c1-5-6-14-11-7-13-8-12(16-11)15-10(4)9(2)3/h7-10H,5-6H2,1-4H3,(H2,14,15,16). The van der Waals surface area contributed by atoms with Crippen molar-refractivity contribution < 1.29 is 0 Å². The van der Waals surface area contributed by atoms with E-state index in [4.69, 9.17) is 0 Å². The lowest BCUT2D eigenvalue weighted by Gasteiger charge is -2.18. The van der Waals surface area contributed by atoms with Gasteiger partial charge in [0.15, 0.2) is 0 Å². The van der Waals surface area contributed by atoms with Crippen molar-refractivity contribution in [2.75, 3.05) is 17.2 Å².